The molecule has 1 saturated heterocycles. The number of nitrogens with one attached hydrogen (secondary N) is 2. The number of benzene rings is 1. The minimum atomic E-state index is -0.500. The van der Waals surface area contributed by atoms with E-state index in [2.05, 4.69) is 15.6 Å². The van der Waals surface area contributed by atoms with E-state index >= 15 is 0 Å². The van der Waals surface area contributed by atoms with E-state index in [1.807, 2.05) is 44.2 Å². The zero-order valence-corrected chi connectivity index (χ0v) is 12.9. The molecule has 2 N–H and O–H groups in total. The molecule has 1 aromatic carbocycles. The molecule has 0 aliphatic carbocycles. The van der Waals surface area contributed by atoms with Gasteiger partial charge in [0.2, 0.25) is 0 Å². The summed E-state index contributed by atoms with van der Waals surface area (Å²) in [5.41, 5.74) is 1.48. The van der Waals surface area contributed by atoms with Crippen molar-refractivity contribution in [2.24, 2.45) is 0 Å². The third-order valence-electron chi connectivity index (χ3n) is 3.97. The molecular weight excluding hydrogens is 278 g/mol. The summed E-state index contributed by atoms with van der Waals surface area (Å²) in [5, 5.41) is 7.33. The van der Waals surface area contributed by atoms with Crippen LogP contribution >= 0.6 is 0 Å². The van der Waals surface area contributed by atoms with Gasteiger partial charge < -0.3 is 15.4 Å². The van der Waals surface area contributed by atoms with Gasteiger partial charge in [-0.15, -0.1) is 0 Å². The van der Waals surface area contributed by atoms with E-state index in [4.69, 9.17) is 4.74 Å². The first-order valence-electron chi connectivity index (χ1n) is 7.56. The van der Waals surface area contributed by atoms with Crippen LogP contribution in [0.4, 0.5) is 0 Å². The third-order valence-corrected chi connectivity index (χ3v) is 3.97. The van der Waals surface area contributed by atoms with Crippen LogP contribution in [-0.4, -0.2) is 36.7 Å². The topological polar surface area (TPSA) is 63.2 Å². The van der Waals surface area contributed by atoms with Crippen molar-refractivity contribution in [2.45, 2.75) is 25.5 Å². The molecule has 0 bridgehead atoms. The van der Waals surface area contributed by atoms with E-state index in [1.54, 1.807) is 6.20 Å². The summed E-state index contributed by atoms with van der Waals surface area (Å²) in [4.78, 5) is 16.8. The molecule has 2 aromatic rings. The van der Waals surface area contributed by atoms with Crippen LogP contribution in [0, 0.1) is 0 Å². The number of pyridine rings is 1. The van der Waals surface area contributed by atoms with E-state index in [0.717, 1.165) is 23.0 Å². The molecule has 0 spiro atoms. The van der Waals surface area contributed by atoms with E-state index < -0.39 is 11.6 Å². The van der Waals surface area contributed by atoms with Gasteiger partial charge in [-0.3, -0.25) is 9.78 Å². The monoisotopic (exact) mass is 299 g/mol. The highest BCUT2D eigenvalue weighted by atomic mass is 16.5. The number of aromatic nitrogens is 1. The van der Waals surface area contributed by atoms with Gasteiger partial charge >= 0.3 is 0 Å². The minimum Gasteiger partial charge on any atom is -0.366 e. The number of hydrogen-bond donors (Lipinski definition) is 2. The number of carbonyl (C=O) groups excluding carboxylic acids is 1. The summed E-state index contributed by atoms with van der Waals surface area (Å²) >= 11 is 0. The van der Waals surface area contributed by atoms with Crippen LogP contribution in [0.2, 0.25) is 0 Å². The Morgan fingerprint density at radius 1 is 1.36 bits per heavy atom. The molecule has 1 atom stereocenters. The van der Waals surface area contributed by atoms with Crippen LogP contribution in [-0.2, 0) is 15.1 Å². The molecule has 22 heavy (non-hydrogen) atoms. The average molecular weight is 299 g/mol. The molecule has 2 heterocycles. The van der Waals surface area contributed by atoms with Gasteiger partial charge in [0.05, 0.1) is 17.7 Å². The van der Waals surface area contributed by atoms with Crippen molar-refractivity contribution in [2.75, 3.05) is 19.7 Å². The Bertz CT molecular complexity index is 673. The van der Waals surface area contributed by atoms with Gasteiger partial charge in [-0.2, -0.15) is 0 Å². The van der Waals surface area contributed by atoms with Gasteiger partial charge in [-0.1, -0.05) is 18.2 Å². The summed E-state index contributed by atoms with van der Waals surface area (Å²) in [6.07, 6.45) is 1.35. The quantitative estimate of drug-likeness (QED) is 0.903. The Labute approximate surface area is 130 Å². The summed E-state index contributed by atoms with van der Waals surface area (Å²) < 4.78 is 5.52. The van der Waals surface area contributed by atoms with E-state index in [0.29, 0.717) is 13.2 Å². The number of fused-ring (bicyclic) bond motifs is 1. The number of ether oxygens (including phenoxy) is 1. The molecule has 116 valence electrons. The maximum atomic E-state index is 12.4. The fourth-order valence-electron chi connectivity index (χ4n) is 2.84. The lowest BCUT2D eigenvalue weighted by Crippen LogP contribution is -2.52. The van der Waals surface area contributed by atoms with Gasteiger partial charge in [0.25, 0.3) is 5.91 Å². The lowest BCUT2D eigenvalue weighted by molar-refractivity contribution is -0.136. The highest BCUT2D eigenvalue weighted by Crippen LogP contribution is 2.27. The fraction of sp³-hybridized carbons (Fsp3) is 0.412. The second-order valence-corrected chi connectivity index (χ2v) is 6.05. The van der Waals surface area contributed by atoms with Crippen molar-refractivity contribution in [1.29, 1.82) is 0 Å². The normalized spacial score (nSPS) is 19.1. The van der Waals surface area contributed by atoms with E-state index in [1.165, 1.54) is 0 Å². The molecular formula is C17H21N3O2. The van der Waals surface area contributed by atoms with Crippen molar-refractivity contribution in [3.05, 3.63) is 42.1 Å². The first-order chi connectivity index (χ1) is 10.6. The third kappa shape index (κ3) is 2.96. The zero-order valence-electron chi connectivity index (χ0n) is 12.9. The lowest BCUT2D eigenvalue weighted by atomic mass is 9.90. The second-order valence-electron chi connectivity index (χ2n) is 6.05. The maximum Gasteiger partial charge on any atom is 0.251 e. The number of rotatable bonds is 3. The van der Waals surface area contributed by atoms with Gasteiger partial charge in [-0.05, 0) is 31.5 Å². The number of nitrogens with zero attached hydrogens (tertiary/aromatic N) is 1. The maximum absolute atomic E-state index is 12.4. The van der Waals surface area contributed by atoms with Gasteiger partial charge in [-0.25, -0.2) is 0 Å². The first-order valence-corrected chi connectivity index (χ1v) is 7.56. The molecule has 0 unspecified atom stereocenters. The predicted molar refractivity (Wildman–Crippen MR) is 85.5 cm³/mol. The number of morpholine rings is 1. The van der Waals surface area contributed by atoms with Gasteiger partial charge in [0.15, 0.2) is 0 Å². The molecule has 1 aliphatic rings. The Morgan fingerprint density at radius 2 is 2.23 bits per heavy atom. The van der Waals surface area contributed by atoms with E-state index in [9.17, 15) is 4.79 Å². The van der Waals surface area contributed by atoms with Crippen molar-refractivity contribution in [3.63, 3.8) is 0 Å². The molecule has 1 aromatic heterocycles. The largest absolute Gasteiger partial charge is 0.366 e. The summed E-state index contributed by atoms with van der Waals surface area (Å²) in [5.74, 6) is -0.0851. The van der Waals surface area contributed by atoms with Crippen molar-refractivity contribution in [1.82, 2.24) is 15.6 Å². The predicted octanol–water partition coefficient (Wildman–Crippen LogP) is 1.57. The zero-order chi connectivity index (χ0) is 15.6. The summed E-state index contributed by atoms with van der Waals surface area (Å²) in [6.45, 7) is 5.92. The first kappa shape index (κ1) is 14.9. The van der Waals surface area contributed by atoms with Crippen LogP contribution in [0.5, 0.6) is 0 Å². The second kappa shape index (κ2) is 6.02. The van der Waals surface area contributed by atoms with Crippen molar-refractivity contribution in [3.8, 4) is 0 Å². The molecule has 0 radical (unpaired) electrons. The molecule has 1 amide bonds. The molecule has 0 saturated carbocycles. The van der Waals surface area contributed by atoms with Crippen LogP contribution in [0.3, 0.4) is 0 Å². The summed E-state index contributed by atoms with van der Waals surface area (Å²) in [6, 6.07) is 9.93. The molecule has 5 nitrogen and oxygen atoms in total. The number of hydrogen-bond acceptors (Lipinski definition) is 4. The lowest BCUT2D eigenvalue weighted by Gasteiger charge is -2.31. The molecule has 3 rings (SSSR count). The van der Waals surface area contributed by atoms with E-state index in [-0.39, 0.29) is 5.91 Å². The van der Waals surface area contributed by atoms with Crippen LogP contribution in [0.15, 0.2) is 36.5 Å². The molecule has 5 heteroatoms. The smallest absolute Gasteiger partial charge is 0.251 e. The average Bonchev–Trinajstić information content (AvgIpc) is 2.54. The van der Waals surface area contributed by atoms with Crippen LogP contribution in [0.1, 0.15) is 19.4 Å². The Morgan fingerprint density at radius 3 is 3.00 bits per heavy atom. The SMILES string of the molecule is CC(C)(NC(=O)[C@H]1CNCCO1)c1cccc2ncccc12. The highest BCUT2D eigenvalue weighted by Gasteiger charge is 2.29. The summed E-state index contributed by atoms with van der Waals surface area (Å²) in [7, 11) is 0. The van der Waals surface area contributed by atoms with Crippen LogP contribution < -0.4 is 10.6 Å². The van der Waals surface area contributed by atoms with Crippen molar-refractivity contribution < 1.29 is 9.53 Å². The van der Waals surface area contributed by atoms with Gasteiger partial charge in [0, 0.05) is 24.7 Å². The molecule has 1 fully saturated rings. The highest BCUT2D eigenvalue weighted by molar-refractivity contribution is 5.86. The minimum absolute atomic E-state index is 0.0851. The van der Waals surface area contributed by atoms with Crippen molar-refractivity contribution >= 4 is 16.8 Å². The Hall–Kier alpha value is -1.98. The standard InChI is InChI=1S/C17H21N3O2/c1-17(2,20-16(21)15-11-18-9-10-22-15)13-6-3-7-14-12(13)5-4-8-19-14/h3-8,15,18H,9-11H2,1-2H3,(H,20,21)/t15-/m1/s1. The van der Waals surface area contributed by atoms with Gasteiger partial charge in [0.1, 0.15) is 6.10 Å². The van der Waals surface area contributed by atoms with Crippen LogP contribution in [0.25, 0.3) is 10.9 Å². The molecule has 1 aliphatic heterocycles. The Balaban J connectivity index is 1.86. The number of amides is 1. The fourth-order valence-corrected chi connectivity index (χ4v) is 2.84. The Kier molecular flexibility index (Phi) is 4.09. The number of carbonyl (C=O) groups is 1.